The zero-order valence-electron chi connectivity index (χ0n) is 15.2. The van der Waals surface area contributed by atoms with Gasteiger partial charge in [-0.05, 0) is 48.9 Å². The van der Waals surface area contributed by atoms with Gasteiger partial charge in [0.05, 0.1) is 11.3 Å². The quantitative estimate of drug-likeness (QED) is 0.655. The highest BCUT2D eigenvalue weighted by atomic mass is 19.4. The van der Waals surface area contributed by atoms with Gasteiger partial charge in [-0.15, -0.1) is 0 Å². The van der Waals surface area contributed by atoms with Crippen LogP contribution in [0.4, 0.5) is 24.5 Å². The van der Waals surface area contributed by atoms with E-state index in [2.05, 4.69) is 15.6 Å². The molecule has 2 N–H and O–H groups in total. The number of aryl methyl sites for hydroxylation is 1. The van der Waals surface area contributed by atoms with Crippen molar-refractivity contribution in [1.82, 2.24) is 4.98 Å². The van der Waals surface area contributed by atoms with Crippen LogP contribution in [0, 0.1) is 6.92 Å². The summed E-state index contributed by atoms with van der Waals surface area (Å²) >= 11 is 0. The lowest BCUT2D eigenvalue weighted by atomic mass is 10.1. The van der Waals surface area contributed by atoms with E-state index in [9.17, 15) is 22.8 Å². The Labute approximate surface area is 164 Å². The monoisotopic (exact) mass is 399 g/mol. The maximum atomic E-state index is 13.1. The molecule has 0 spiro atoms. The smallest absolute Gasteiger partial charge is 0.321 e. The third-order valence-electron chi connectivity index (χ3n) is 4.01. The lowest BCUT2D eigenvalue weighted by Crippen LogP contribution is -2.18. The summed E-state index contributed by atoms with van der Waals surface area (Å²) in [7, 11) is 0. The number of amides is 2. The lowest BCUT2D eigenvalue weighted by molar-refractivity contribution is -0.136. The molecule has 0 saturated heterocycles. The van der Waals surface area contributed by atoms with Crippen molar-refractivity contribution in [2.75, 3.05) is 10.6 Å². The van der Waals surface area contributed by atoms with Gasteiger partial charge in [0, 0.05) is 17.4 Å². The molecule has 8 heteroatoms. The van der Waals surface area contributed by atoms with Gasteiger partial charge in [0.2, 0.25) is 0 Å². The van der Waals surface area contributed by atoms with Gasteiger partial charge in [-0.25, -0.2) is 0 Å². The largest absolute Gasteiger partial charge is 0.418 e. The summed E-state index contributed by atoms with van der Waals surface area (Å²) in [5, 5.41) is 4.90. The van der Waals surface area contributed by atoms with Crippen molar-refractivity contribution < 1.29 is 22.8 Å². The summed E-state index contributed by atoms with van der Waals surface area (Å²) in [5.74, 6) is -1.32. The minimum atomic E-state index is -4.61. The Bertz CT molecular complexity index is 1060. The number of halogens is 3. The molecule has 0 fully saturated rings. The second-order valence-electron chi connectivity index (χ2n) is 6.25. The molecule has 0 aliphatic rings. The molecule has 0 bridgehead atoms. The molecule has 0 aliphatic heterocycles. The third-order valence-corrected chi connectivity index (χ3v) is 4.01. The van der Waals surface area contributed by atoms with E-state index in [4.69, 9.17) is 0 Å². The lowest BCUT2D eigenvalue weighted by Gasteiger charge is -2.13. The van der Waals surface area contributed by atoms with E-state index in [1.807, 2.05) is 13.0 Å². The fraction of sp³-hybridized carbons (Fsp3) is 0.0952. The first-order chi connectivity index (χ1) is 13.7. The van der Waals surface area contributed by atoms with E-state index in [0.717, 1.165) is 17.7 Å². The van der Waals surface area contributed by atoms with Crippen LogP contribution < -0.4 is 10.6 Å². The standard InChI is InChI=1S/C21H16F3N3O2/c1-13-5-4-6-15(11-13)26-20(29)18-12-14(9-10-25-18)19(28)27-17-8-3-2-7-16(17)21(22,23)24/h2-12H,1H3,(H,26,29)(H,27,28). The first kappa shape index (κ1) is 20.1. The highest BCUT2D eigenvalue weighted by Gasteiger charge is 2.33. The molecule has 2 amide bonds. The molecule has 148 valence electrons. The molecule has 1 heterocycles. The number of hydrogen-bond donors (Lipinski definition) is 2. The van der Waals surface area contributed by atoms with Crippen LogP contribution in [0.2, 0.25) is 0 Å². The Balaban J connectivity index is 1.79. The van der Waals surface area contributed by atoms with Crippen LogP contribution in [0.15, 0.2) is 66.9 Å². The minimum Gasteiger partial charge on any atom is -0.321 e. The number of carbonyl (C=O) groups excluding carboxylic acids is 2. The number of benzene rings is 2. The molecule has 2 aromatic carbocycles. The minimum absolute atomic E-state index is 0.00590. The first-order valence-corrected chi connectivity index (χ1v) is 8.56. The number of aromatic nitrogens is 1. The number of anilines is 2. The van der Waals surface area contributed by atoms with E-state index >= 15 is 0 Å². The maximum Gasteiger partial charge on any atom is 0.418 e. The van der Waals surface area contributed by atoms with Gasteiger partial charge in [0.1, 0.15) is 5.69 Å². The van der Waals surface area contributed by atoms with E-state index in [0.29, 0.717) is 5.69 Å². The van der Waals surface area contributed by atoms with E-state index in [-0.39, 0.29) is 16.9 Å². The van der Waals surface area contributed by atoms with Crippen LogP contribution in [-0.4, -0.2) is 16.8 Å². The fourth-order valence-corrected chi connectivity index (χ4v) is 2.65. The highest BCUT2D eigenvalue weighted by molar-refractivity contribution is 6.08. The van der Waals surface area contributed by atoms with Gasteiger partial charge in [-0.2, -0.15) is 13.2 Å². The summed E-state index contributed by atoms with van der Waals surface area (Å²) in [6, 6.07) is 14.3. The van der Waals surface area contributed by atoms with E-state index in [1.165, 1.54) is 30.5 Å². The van der Waals surface area contributed by atoms with Gasteiger partial charge in [0.25, 0.3) is 11.8 Å². The maximum absolute atomic E-state index is 13.1. The number of hydrogen-bond acceptors (Lipinski definition) is 3. The van der Waals surface area contributed by atoms with Crippen LogP contribution in [0.5, 0.6) is 0 Å². The Morgan fingerprint density at radius 2 is 1.66 bits per heavy atom. The number of carbonyl (C=O) groups is 2. The van der Waals surface area contributed by atoms with Crippen LogP contribution >= 0.6 is 0 Å². The molecule has 0 saturated carbocycles. The van der Waals surface area contributed by atoms with Gasteiger partial charge in [0.15, 0.2) is 0 Å². The number of rotatable bonds is 4. The van der Waals surface area contributed by atoms with Crippen molar-refractivity contribution in [2.24, 2.45) is 0 Å². The van der Waals surface area contributed by atoms with Crippen molar-refractivity contribution in [3.8, 4) is 0 Å². The number of nitrogens with zero attached hydrogens (tertiary/aromatic N) is 1. The zero-order chi connectivity index (χ0) is 21.0. The number of alkyl halides is 3. The normalized spacial score (nSPS) is 11.0. The summed E-state index contributed by atoms with van der Waals surface area (Å²) in [6.45, 7) is 1.87. The van der Waals surface area contributed by atoms with Crippen molar-refractivity contribution in [3.05, 3.63) is 89.2 Å². The van der Waals surface area contributed by atoms with E-state index < -0.39 is 23.6 Å². The Morgan fingerprint density at radius 3 is 2.38 bits per heavy atom. The van der Waals surface area contributed by atoms with Gasteiger partial charge in [-0.1, -0.05) is 24.3 Å². The molecular formula is C21H16F3N3O2. The topological polar surface area (TPSA) is 71.1 Å². The molecule has 1 aromatic heterocycles. The Morgan fingerprint density at radius 1 is 0.897 bits per heavy atom. The highest BCUT2D eigenvalue weighted by Crippen LogP contribution is 2.34. The number of nitrogens with one attached hydrogen (secondary N) is 2. The van der Waals surface area contributed by atoms with E-state index in [1.54, 1.807) is 18.2 Å². The van der Waals surface area contributed by atoms with Crippen LogP contribution in [0.1, 0.15) is 32.0 Å². The molecule has 29 heavy (non-hydrogen) atoms. The Hall–Kier alpha value is -3.68. The molecule has 5 nitrogen and oxygen atoms in total. The van der Waals surface area contributed by atoms with Crippen LogP contribution in [-0.2, 0) is 6.18 Å². The van der Waals surface area contributed by atoms with Crippen molar-refractivity contribution in [3.63, 3.8) is 0 Å². The molecule has 3 aromatic rings. The van der Waals surface area contributed by atoms with Gasteiger partial charge < -0.3 is 10.6 Å². The van der Waals surface area contributed by atoms with Crippen molar-refractivity contribution >= 4 is 23.2 Å². The molecule has 0 radical (unpaired) electrons. The molecule has 0 unspecified atom stereocenters. The second-order valence-corrected chi connectivity index (χ2v) is 6.25. The average molecular weight is 399 g/mol. The van der Waals surface area contributed by atoms with Crippen molar-refractivity contribution in [1.29, 1.82) is 0 Å². The Kier molecular flexibility index (Phi) is 5.63. The molecule has 0 aliphatic carbocycles. The number of para-hydroxylation sites is 1. The average Bonchev–Trinajstić information content (AvgIpc) is 2.67. The van der Waals surface area contributed by atoms with Crippen molar-refractivity contribution in [2.45, 2.75) is 13.1 Å². The first-order valence-electron chi connectivity index (χ1n) is 8.56. The van der Waals surface area contributed by atoms with Gasteiger partial charge in [-0.3, -0.25) is 14.6 Å². The van der Waals surface area contributed by atoms with Crippen LogP contribution in [0.3, 0.4) is 0 Å². The second kappa shape index (κ2) is 8.14. The summed E-state index contributed by atoms with van der Waals surface area (Å²) < 4.78 is 39.3. The predicted molar refractivity (Wildman–Crippen MR) is 103 cm³/mol. The number of pyridine rings is 1. The summed E-state index contributed by atoms with van der Waals surface area (Å²) in [4.78, 5) is 28.8. The molecule has 3 rings (SSSR count). The van der Waals surface area contributed by atoms with Crippen LogP contribution in [0.25, 0.3) is 0 Å². The summed E-state index contributed by atoms with van der Waals surface area (Å²) in [6.07, 6.45) is -3.36. The molecule has 0 atom stereocenters. The summed E-state index contributed by atoms with van der Waals surface area (Å²) in [5.41, 5.74) is 0.153. The van der Waals surface area contributed by atoms with Gasteiger partial charge >= 0.3 is 6.18 Å². The fourth-order valence-electron chi connectivity index (χ4n) is 2.65. The zero-order valence-corrected chi connectivity index (χ0v) is 15.2. The molecular weight excluding hydrogens is 383 g/mol. The third kappa shape index (κ3) is 4.98. The SMILES string of the molecule is Cc1cccc(NC(=O)c2cc(C(=O)Nc3ccccc3C(F)(F)F)ccn2)c1. The predicted octanol–water partition coefficient (Wildman–Crippen LogP) is 4.91.